The van der Waals surface area contributed by atoms with Gasteiger partial charge in [0.1, 0.15) is 5.60 Å². The number of ketones is 1. The van der Waals surface area contributed by atoms with Crippen molar-refractivity contribution < 1.29 is 9.53 Å². The average molecular weight is 234 g/mol. The van der Waals surface area contributed by atoms with Crippen LogP contribution in [0.15, 0.2) is 22.8 Å². The van der Waals surface area contributed by atoms with Gasteiger partial charge in [0.25, 0.3) is 0 Å². The van der Waals surface area contributed by atoms with E-state index in [9.17, 15) is 4.79 Å². The van der Waals surface area contributed by atoms with E-state index in [0.717, 1.165) is 24.2 Å². The largest absolute Gasteiger partial charge is 0.363 e. The number of carbonyl (C=O) groups is 1. The monoisotopic (exact) mass is 234 g/mol. The zero-order valence-electron chi connectivity index (χ0n) is 10.5. The van der Waals surface area contributed by atoms with Crippen LogP contribution in [0.25, 0.3) is 0 Å². The molecule has 1 spiro atoms. The molecule has 1 saturated heterocycles. The van der Waals surface area contributed by atoms with Gasteiger partial charge in [-0.15, -0.1) is 0 Å². The van der Waals surface area contributed by atoms with Crippen LogP contribution in [-0.4, -0.2) is 49.2 Å². The number of ether oxygens (including phenoxy) is 1. The lowest BCUT2D eigenvalue weighted by atomic mass is 9.85. The third-order valence-electron chi connectivity index (χ3n) is 3.48. The zero-order valence-corrected chi connectivity index (χ0v) is 10.5. The van der Waals surface area contributed by atoms with Crippen molar-refractivity contribution in [3.63, 3.8) is 0 Å². The van der Waals surface area contributed by atoms with Gasteiger partial charge in [-0.2, -0.15) is 0 Å². The second kappa shape index (κ2) is 4.20. The van der Waals surface area contributed by atoms with E-state index >= 15 is 0 Å². The van der Waals surface area contributed by atoms with Crippen LogP contribution in [0.1, 0.15) is 13.8 Å². The van der Waals surface area contributed by atoms with Crippen molar-refractivity contribution >= 4 is 12.0 Å². The summed E-state index contributed by atoms with van der Waals surface area (Å²) in [7, 11) is 2.03. The van der Waals surface area contributed by atoms with E-state index in [0.29, 0.717) is 12.2 Å². The molecule has 0 aromatic rings. The first-order valence-corrected chi connectivity index (χ1v) is 5.74. The number of hydrogen-bond donors (Lipinski definition) is 1. The highest BCUT2D eigenvalue weighted by Gasteiger charge is 2.49. The number of nitrogens with zero attached hydrogens (tertiary/aromatic N) is 1. The molecule has 0 aliphatic carbocycles. The lowest BCUT2D eigenvalue weighted by Crippen LogP contribution is -2.61. The maximum Gasteiger partial charge on any atom is 0.155 e. The number of carbonyl (C=O) groups excluding carboxylic acids is 1. The van der Waals surface area contributed by atoms with Gasteiger partial charge < -0.3 is 10.1 Å². The van der Waals surface area contributed by atoms with Gasteiger partial charge in [-0.25, -0.2) is 0 Å². The quantitative estimate of drug-likeness (QED) is 0.589. The summed E-state index contributed by atoms with van der Waals surface area (Å²) in [5.41, 5.74) is 2.32. The van der Waals surface area contributed by atoms with Crippen LogP contribution in [-0.2, 0) is 9.53 Å². The van der Waals surface area contributed by atoms with Crippen molar-refractivity contribution in [3.05, 3.63) is 22.8 Å². The Bertz CT molecular complexity index is 429. The predicted molar refractivity (Wildman–Crippen MR) is 66.4 cm³/mol. The van der Waals surface area contributed by atoms with Crippen LogP contribution < -0.4 is 0 Å². The van der Waals surface area contributed by atoms with Crippen molar-refractivity contribution in [2.45, 2.75) is 19.4 Å². The molecule has 17 heavy (non-hydrogen) atoms. The van der Waals surface area contributed by atoms with Gasteiger partial charge in [0.05, 0.1) is 6.61 Å². The Balaban J connectivity index is 2.30. The van der Waals surface area contributed by atoms with Crippen molar-refractivity contribution in [2.24, 2.45) is 0 Å². The highest BCUT2D eigenvalue weighted by atomic mass is 16.5. The number of likely N-dealkylation sites (tertiary alicyclic amines) is 1. The average Bonchev–Trinajstić information content (AvgIpc) is 2.56. The van der Waals surface area contributed by atoms with Gasteiger partial charge in [-0.1, -0.05) is 0 Å². The lowest BCUT2D eigenvalue weighted by Gasteiger charge is -2.46. The Morgan fingerprint density at radius 1 is 1.47 bits per heavy atom. The number of nitrogens with one attached hydrogen (secondary N) is 1. The number of likely N-dealkylation sites (N-methyl/N-ethyl adjacent to an activating group) is 1. The van der Waals surface area contributed by atoms with Crippen LogP contribution in [0, 0.1) is 5.41 Å². The second-order valence-corrected chi connectivity index (χ2v) is 4.92. The van der Waals surface area contributed by atoms with E-state index in [1.165, 1.54) is 6.21 Å². The van der Waals surface area contributed by atoms with Crippen LogP contribution in [0.4, 0.5) is 0 Å². The van der Waals surface area contributed by atoms with Gasteiger partial charge in [-0.3, -0.25) is 9.69 Å². The van der Waals surface area contributed by atoms with Crippen molar-refractivity contribution in [2.75, 3.05) is 26.7 Å². The SMILES string of the molecule is CC(=O)/C(C)=C/C1=C(C=N)C2(CN(C)C2)OC1. The third-order valence-corrected chi connectivity index (χ3v) is 3.48. The molecule has 2 heterocycles. The Kier molecular flexibility index (Phi) is 3.02. The molecule has 0 bridgehead atoms. The predicted octanol–water partition coefficient (Wildman–Crippen LogP) is 1.18. The second-order valence-electron chi connectivity index (χ2n) is 4.92. The van der Waals surface area contributed by atoms with Crippen molar-refractivity contribution in [1.29, 1.82) is 5.41 Å². The Morgan fingerprint density at radius 2 is 2.12 bits per heavy atom. The molecule has 92 valence electrons. The first-order valence-electron chi connectivity index (χ1n) is 5.74. The third kappa shape index (κ3) is 1.98. The van der Waals surface area contributed by atoms with Crippen LogP contribution in [0.2, 0.25) is 0 Å². The number of allylic oxidation sites excluding steroid dienone is 1. The van der Waals surface area contributed by atoms with Crippen LogP contribution >= 0.6 is 0 Å². The Hall–Kier alpha value is -1.26. The first kappa shape index (κ1) is 12.2. The molecule has 2 aliphatic heterocycles. The minimum Gasteiger partial charge on any atom is -0.363 e. The summed E-state index contributed by atoms with van der Waals surface area (Å²) in [4.78, 5) is 13.4. The summed E-state index contributed by atoms with van der Waals surface area (Å²) in [5, 5.41) is 7.55. The summed E-state index contributed by atoms with van der Waals surface area (Å²) in [5.74, 6) is 0.0634. The fraction of sp³-hybridized carbons (Fsp3) is 0.538. The number of rotatable bonds is 3. The van der Waals surface area contributed by atoms with E-state index in [2.05, 4.69) is 4.90 Å². The molecule has 0 amide bonds. The molecule has 0 saturated carbocycles. The normalized spacial score (nSPS) is 24.1. The number of Topliss-reactive ketones (excluding diaryl/α,β-unsaturated/α-hetero) is 1. The minimum atomic E-state index is -0.292. The fourth-order valence-electron chi connectivity index (χ4n) is 2.46. The molecule has 2 rings (SSSR count). The van der Waals surface area contributed by atoms with Gasteiger partial charge in [0.15, 0.2) is 5.78 Å². The van der Waals surface area contributed by atoms with Gasteiger partial charge in [0.2, 0.25) is 0 Å². The number of hydrogen-bond acceptors (Lipinski definition) is 4. The zero-order chi connectivity index (χ0) is 12.6. The minimum absolute atomic E-state index is 0.0634. The molecule has 0 unspecified atom stereocenters. The van der Waals surface area contributed by atoms with Crippen molar-refractivity contribution in [1.82, 2.24) is 4.90 Å². The van der Waals surface area contributed by atoms with Crippen LogP contribution in [0.5, 0.6) is 0 Å². The van der Waals surface area contributed by atoms with Gasteiger partial charge in [0, 0.05) is 24.9 Å². The highest BCUT2D eigenvalue weighted by Crippen LogP contribution is 2.38. The maximum atomic E-state index is 11.2. The molecule has 0 radical (unpaired) electrons. The fourth-order valence-corrected chi connectivity index (χ4v) is 2.46. The van der Waals surface area contributed by atoms with Gasteiger partial charge in [-0.05, 0) is 38.1 Å². The van der Waals surface area contributed by atoms with Gasteiger partial charge >= 0.3 is 0 Å². The molecule has 4 heteroatoms. The molecule has 0 aromatic heterocycles. The summed E-state index contributed by atoms with van der Waals surface area (Å²) in [6.45, 7) is 5.51. The Labute approximate surface area is 101 Å². The molecular formula is C13H18N2O2. The highest BCUT2D eigenvalue weighted by molar-refractivity contribution is 5.93. The van der Waals surface area contributed by atoms with E-state index in [1.54, 1.807) is 13.8 Å². The van der Waals surface area contributed by atoms with Crippen LogP contribution in [0.3, 0.4) is 0 Å². The molecule has 0 aromatic carbocycles. The maximum absolute atomic E-state index is 11.2. The van der Waals surface area contributed by atoms with E-state index in [4.69, 9.17) is 10.1 Å². The van der Waals surface area contributed by atoms with Crippen molar-refractivity contribution in [3.8, 4) is 0 Å². The molecule has 2 aliphatic rings. The molecule has 0 atom stereocenters. The summed E-state index contributed by atoms with van der Waals surface area (Å²) in [6, 6.07) is 0. The first-order chi connectivity index (χ1) is 7.98. The topological polar surface area (TPSA) is 53.4 Å². The summed E-state index contributed by atoms with van der Waals surface area (Å²) >= 11 is 0. The van der Waals surface area contributed by atoms with E-state index < -0.39 is 0 Å². The standard InChI is InChI=1S/C13H18N2O2/c1-9(10(2)16)4-11-6-17-13(12(11)5-14)7-15(3)8-13/h4-5,14H,6-8H2,1-3H3/b9-4+,14-5?. The summed E-state index contributed by atoms with van der Waals surface area (Å²) < 4.78 is 5.82. The molecule has 1 N–H and O–H groups in total. The van der Waals surface area contributed by atoms with E-state index in [1.807, 2.05) is 13.1 Å². The summed E-state index contributed by atoms with van der Waals surface area (Å²) in [6.07, 6.45) is 3.23. The molecule has 1 fully saturated rings. The lowest BCUT2D eigenvalue weighted by molar-refractivity contribution is -0.113. The molecule has 4 nitrogen and oxygen atoms in total. The molecular weight excluding hydrogens is 216 g/mol. The van der Waals surface area contributed by atoms with E-state index in [-0.39, 0.29) is 11.4 Å². The smallest absolute Gasteiger partial charge is 0.155 e. The Morgan fingerprint density at radius 3 is 2.59 bits per heavy atom.